The van der Waals surface area contributed by atoms with Crippen LogP contribution in [0.1, 0.15) is 24.7 Å². The molecule has 1 aromatic carbocycles. The number of aromatic nitrogens is 2. The van der Waals surface area contributed by atoms with Crippen LogP contribution in [0.3, 0.4) is 0 Å². The van der Waals surface area contributed by atoms with Crippen molar-refractivity contribution in [2.24, 2.45) is 0 Å². The van der Waals surface area contributed by atoms with Gasteiger partial charge in [-0.2, -0.15) is 0 Å². The second-order valence-electron chi connectivity index (χ2n) is 5.37. The molecule has 0 aliphatic carbocycles. The third kappa shape index (κ3) is 3.76. The monoisotopic (exact) mass is 287 g/mol. The van der Waals surface area contributed by atoms with E-state index >= 15 is 0 Å². The number of imidazole rings is 1. The van der Waals surface area contributed by atoms with E-state index in [4.69, 9.17) is 9.47 Å². The highest BCUT2D eigenvalue weighted by atomic mass is 16.7. The van der Waals surface area contributed by atoms with E-state index in [0.717, 1.165) is 43.1 Å². The molecule has 1 unspecified atom stereocenters. The number of ether oxygens (including phenoxy) is 2. The van der Waals surface area contributed by atoms with Crippen molar-refractivity contribution in [1.82, 2.24) is 15.3 Å². The molecule has 0 saturated heterocycles. The van der Waals surface area contributed by atoms with Gasteiger partial charge in [0.05, 0.1) is 0 Å². The van der Waals surface area contributed by atoms with Crippen LogP contribution >= 0.6 is 0 Å². The molecule has 1 aliphatic rings. The Kier molecular flexibility index (Phi) is 4.40. The standard InChI is InChI=1S/C16H21N3O2/c1-12(17-7-6-16-18-8-9-19-16)2-3-13-4-5-14-15(10-13)21-11-20-14/h4-5,8-10,12,17H,2-3,6-7,11H2,1H3,(H,18,19). The molecular formula is C16H21N3O2. The molecular weight excluding hydrogens is 266 g/mol. The lowest BCUT2D eigenvalue weighted by Crippen LogP contribution is -2.28. The summed E-state index contributed by atoms with van der Waals surface area (Å²) in [5, 5.41) is 3.53. The van der Waals surface area contributed by atoms with Crippen LogP contribution in [0.5, 0.6) is 11.5 Å². The summed E-state index contributed by atoms with van der Waals surface area (Å²) in [5.74, 6) is 2.75. The lowest BCUT2D eigenvalue weighted by molar-refractivity contribution is 0.174. The molecule has 21 heavy (non-hydrogen) atoms. The lowest BCUT2D eigenvalue weighted by atomic mass is 10.1. The van der Waals surface area contributed by atoms with Crippen molar-refractivity contribution in [3.05, 3.63) is 42.0 Å². The first-order valence-corrected chi connectivity index (χ1v) is 7.41. The van der Waals surface area contributed by atoms with Crippen molar-refractivity contribution in [2.75, 3.05) is 13.3 Å². The second kappa shape index (κ2) is 6.63. The molecule has 1 atom stereocenters. The Labute approximate surface area is 124 Å². The zero-order chi connectivity index (χ0) is 14.5. The van der Waals surface area contributed by atoms with Crippen LogP contribution in [-0.2, 0) is 12.8 Å². The highest BCUT2D eigenvalue weighted by Crippen LogP contribution is 2.32. The third-order valence-electron chi connectivity index (χ3n) is 3.71. The molecule has 1 aliphatic heterocycles. The highest BCUT2D eigenvalue weighted by Gasteiger charge is 2.13. The van der Waals surface area contributed by atoms with E-state index in [1.807, 2.05) is 12.3 Å². The molecule has 2 aromatic rings. The number of hydrogen-bond acceptors (Lipinski definition) is 4. The van der Waals surface area contributed by atoms with Gasteiger partial charge in [0.25, 0.3) is 0 Å². The molecule has 0 bridgehead atoms. The van der Waals surface area contributed by atoms with Crippen molar-refractivity contribution in [3.63, 3.8) is 0 Å². The molecule has 0 spiro atoms. The van der Waals surface area contributed by atoms with Crippen LogP contribution in [0, 0.1) is 0 Å². The summed E-state index contributed by atoms with van der Waals surface area (Å²) in [7, 11) is 0. The molecule has 0 fully saturated rings. The van der Waals surface area contributed by atoms with E-state index in [9.17, 15) is 0 Å². The zero-order valence-electron chi connectivity index (χ0n) is 12.3. The van der Waals surface area contributed by atoms with Crippen molar-refractivity contribution >= 4 is 0 Å². The minimum atomic E-state index is 0.337. The maximum atomic E-state index is 5.40. The molecule has 3 rings (SSSR count). The highest BCUT2D eigenvalue weighted by molar-refractivity contribution is 5.44. The first-order valence-electron chi connectivity index (χ1n) is 7.41. The molecule has 0 saturated carbocycles. The summed E-state index contributed by atoms with van der Waals surface area (Å²) in [6.45, 7) is 3.49. The van der Waals surface area contributed by atoms with Gasteiger partial charge in [0, 0.05) is 31.4 Å². The van der Waals surface area contributed by atoms with Crippen molar-refractivity contribution in [1.29, 1.82) is 0 Å². The van der Waals surface area contributed by atoms with Crippen molar-refractivity contribution in [2.45, 2.75) is 32.2 Å². The largest absolute Gasteiger partial charge is 0.454 e. The summed E-state index contributed by atoms with van der Waals surface area (Å²) in [5.41, 5.74) is 1.29. The van der Waals surface area contributed by atoms with Gasteiger partial charge >= 0.3 is 0 Å². The summed E-state index contributed by atoms with van der Waals surface area (Å²) >= 11 is 0. The van der Waals surface area contributed by atoms with E-state index in [0.29, 0.717) is 12.8 Å². The van der Waals surface area contributed by atoms with E-state index < -0.39 is 0 Å². The average Bonchev–Trinajstić information content (AvgIpc) is 3.15. The second-order valence-corrected chi connectivity index (χ2v) is 5.37. The number of nitrogens with zero attached hydrogens (tertiary/aromatic N) is 1. The average molecular weight is 287 g/mol. The van der Waals surface area contributed by atoms with Gasteiger partial charge in [-0.05, 0) is 37.5 Å². The Balaban J connectivity index is 1.40. The maximum Gasteiger partial charge on any atom is 0.231 e. The molecule has 1 aromatic heterocycles. The van der Waals surface area contributed by atoms with E-state index in [-0.39, 0.29) is 0 Å². The van der Waals surface area contributed by atoms with Crippen LogP contribution in [0.4, 0.5) is 0 Å². The minimum Gasteiger partial charge on any atom is -0.454 e. The molecule has 2 heterocycles. The first-order chi connectivity index (χ1) is 10.3. The Morgan fingerprint density at radius 2 is 2.19 bits per heavy atom. The smallest absolute Gasteiger partial charge is 0.231 e. The Hall–Kier alpha value is -2.01. The van der Waals surface area contributed by atoms with Crippen LogP contribution in [-0.4, -0.2) is 29.3 Å². The topological polar surface area (TPSA) is 59.2 Å². The maximum absolute atomic E-state index is 5.40. The first kappa shape index (κ1) is 13.9. The number of rotatable bonds is 7. The van der Waals surface area contributed by atoms with Crippen molar-refractivity contribution in [3.8, 4) is 11.5 Å². The number of aryl methyl sites for hydroxylation is 1. The van der Waals surface area contributed by atoms with E-state index in [1.54, 1.807) is 6.20 Å². The Bertz CT molecular complexity index is 569. The lowest BCUT2D eigenvalue weighted by Gasteiger charge is -2.13. The molecule has 5 nitrogen and oxygen atoms in total. The van der Waals surface area contributed by atoms with Gasteiger partial charge in [0.2, 0.25) is 6.79 Å². The van der Waals surface area contributed by atoms with Crippen LogP contribution in [0.2, 0.25) is 0 Å². The van der Waals surface area contributed by atoms with Gasteiger partial charge in [0.15, 0.2) is 11.5 Å². The summed E-state index contributed by atoms with van der Waals surface area (Å²) in [6.07, 6.45) is 6.71. The molecule has 0 amide bonds. The number of benzene rings is 1. The molecule has 5 heteroatoms. The summed E-state index contributed by atoms with van der Waals surface area (Å²) < 4.78 is 10.7. The number of nitrogens with one attached hydrogen (secondary N) is 2. The van der Waals surface area contributed by atoms with Crippen LogP contribution < -0.4 is 14.8 Å². The quantitative estimate of drug-likeness (QED) is 0.820. The number of fused-ring (bicyclic) bond motifs is 1. The normalized spacial score (nSPS) is 14.3. The Morgan fingerprint density at radius 3 is 3.05 bits per heavy atom. The van der Waals surface area contributed by atoms with Gasteiger partial charge in [-0.15, -0.1) is 0 Å². The summed E-state index contributed by atoms with van der Waals surface area (Å²) in [6, 6.07) is 6.67. The fraction of sp³-hybridized carbons (Fsp3) is 0.438. The number of hydrogen-bond donors (Lipinski definition) is 2. The third-order valence-corrected chi connectivity index (χ3v) is 3.71. The molecule has 2 N–H and O–H groups in total. The zero-order valence-corrected chi connectivity index (χ0v) is 12.3. The predicted molar refractivity (Wildman–Crippen MR) is 80.6 cm³/mol. The molecule has 112 valence electrons. The van der Waals surface area contributed by atoms with Crippen LogP contribution in [0.15, 0.2) is 30.6 Å². The predicted octanol–water partition coefficient (Wildman–Crippen LogP) is 2.29. The van der Waals surface area contributed by atoms with Crippen molar-refractivity contribution < 1.29 is 9.47 Å². The fourth-order valence-electron chi connectivity index (χ4n) is 2.45. The number of aromatic amines is 1. The number of H-pyrrole nitrogens is 1. The SMILES string of the molecule is CC(CCc1ccc2c(c1)OCO2)NCCc1ncc[nH]1. The van der Waals surface area contributed by atoms with Gasteiger partial charge in [0.1, 0.15) is 5.82 Å². The molecule has 0 radical (unpaired) electrons. The van der Waals surface area contributed by atoms with Gasteiger partial charge < -0.3 is 19.8 Å². The Morgan fingerprint density at radius 1 is 1.29 bits per heavy atom. The minimum absolute atomic E-state index is 0.337. The fourth-order valence-corrected chi connectivity index (χ4v) is 2.45. The van der Waals surface area contributed by atoms with E-state index in [1.165, 1.54) is 5.56 Å². The van der Waals surface area contributed by atoms with Gasteiger partial charge in [-0.1, -0.05) is 6.07 Å². The van der Waals surface area contributed by atoms with Gasteiger partial charge in [-0.3, -0.25) is 0 Å². The van der Waals surface area contributed by atoms with Crippen LogP contribution in [0.25, 0.3) is 0 Å². The summed E-state index contributed by atoms with van der Waals surface area (Å²) in [4.78, 5) is 7.33. The van der Waals surface area contributed by atoms with E-state index in [2.05, 4.69) is 34.3 Å². The van der Waals surface area contributed by atoms with Gasteiger partial charge in [-0.25, -0.2) is 4.98 Å².